The first-order chi connectivity index (χ1) is 9.97. The summed E-state index contributed by atoms with van der Waals surface area (Å²) in [6, 6.07) is 6.81. The highest BCUT2D eigenvalue weighted by Crippen LogP contribution is 2.25. The maximum absolute atomic E-state index is 11.7. The van der Waals surface area contributed by atoms with Crippen LogP contribution < -0.4 is 15.8 Å². The SMILES string of the molecule is CCc1ccsc1CNc1ccc(S(=O)(=O)NC)cc1N. The van der Waals surface area contributed by atoms with Gasteiger partial charge in [0, 0.05) is 11.4 Å². The standard InChI is InChI=1S/C14H19N3O2S2/c1-3-10-6-7-20-14(10)9-17-13-5-4-11(8-12(13)15)21(18,19)16-2/h4-8,16-17H,3,9,15H2,1-2H3. The maximum atomic E-state index is 11.7. The lowest BCUT2D eigenvalue weighted by atomic mass is 10.2. The minimum absolute atomic E-state index is 0.165. The first-order valence-corrected chi connectivity index (χ1v) is 8.96. The Hall–Kier alpha value is -1.57. The molecule has 5 nitrogen and oxygen atoms in total. The lowest BCUT2D eigenvalue weighted by Gasteiger charge is -2.11. The molecule has 2 rings (SSSR count). The molecule has 4 N–H and O–H groups in total. The highest BCUT2D eigenvalue weighted by atomic mass is 32.2. The Labute approximate surface area is 129 Å². The lowest BCUT2D eigenvalue weighted by molar-refractivity contribution is 0.588. The molecule has 1 aromatic carbocycles. The van der Waals surface area contributed by atoms with E-state index >= 15 is 0 Å². The third-order valence-electron chi connectivity index (χ3n) is 3.26. The fourth-order valence-corrected chi connectivity index (χ4v) is 3.68. The van der Waals surface area contributed by atoms with E-state index in [-0.39, 0.29) is 4.90 Å². The van der Waals surface area contributed by atoms with Crippen molar-refractivity contribution in [3.05, 3.63) is 40.1 Å². The van der Waals surface area contributed by atoms with Crippen molar-refractivity contribution in [1.82, 2.24) is 4.72 Å². The molecule has 0 saturated carbocycles. The van der Waals surface area contributed by atoms with Gasteiger partial charge in [-0.25, -0.2) is 13.1 Å². The molecule has 2 aromatic rings. The normalized spacial score (nSPS) is 11.5. The van der Waals surface area contributed by atoms with Crippen LogP contribution in [0.25, 0.3) is 0 Å². The van der Waals surface area contributed by atoms with Crippen molar-refractivity contribution in [2.75, 3.05) is 18.1 Å². The Kier molecular flexibility index (Phi) is 4.87. The molecule has 0 amide bonds. The summed E-state index contributed by atoms with van der Waals surface area (Å²) < 4.78 is 25.7. The fraction of sp³-hybridized carbons (Fsp3) is 0.286. The van der Waals surface area contributed by atoms with E-state index in [1.807, 2.05) is 0 Å². The van der Waals surface area contributed by atoms with Crippen molar-refractivity contribution in [3.63, 3.8) is 0 Å². The number of anilines is 2. The number of sulfonamides is 1. The van der Waals surface area contributed by atoms with Gasteiger partial charge in [0.25, 0.3) is 0 Å². The van der Waals surface area contributed by atoms with E-state index in [4.69, 9.17) is 5.73 Å². The summed E-state index contributed by atoms with van der Waals surface area (Å²) in [5.74, 6) is 0. The minimum Gasteiger partial charge on any atom is -0.397 e. The molecule has 0 aliphatic rings. The molecule has 7 heteroatoms. The van der Waals surface area contributed by atoms with Crippen LogP contribution >= 0.6 is 11.3 Å². The Balaban J connectivity index is 2.15. The Morgan fingerprint density at radius 3 is 2.67 bits per heavy atom. The van der Waals surface area contributed by atoms with Crippen molar-refractivity contribution in [2.45, 2.75) is 24.8 Å². The van der Waals surface area contributed by atoms with Crippen molar-refractivity contribution in [2.24, 2.45) is 0 Å². The molecule has 114 valence electrons. The van der Waals surface area contributed by atoms with E-state index in [1.165, 1.54) is 23.6 Å². The quantitative estimate of drug-likeness (QED) is 0.712. The van der Waals surface area contributed by atoms with Gasteiger partial charge in [-0.05, 0) is 48.7 Å². The molecular weight excluding hydrogens is 306 g/mol. The summed E-state index contributed by atoms with van der Waals surface area (Å²) in [6.45, 7) is 2.81. The molecule has 0 saturated heterocycles. The summed E-state index contributed by atoms with van der Waals surface area (Å²) in [6.07, 6.45) is 0.995. The fourth-order valence-electron chi connectivity index (χ4n) is 2.00. The van der Waals surface area contributed by atoms with Crippen molar-refractivity contribution < 1.29 is 8.42 Å². The zero-order valence-electron chi connectivity index (χ0n) is 12.0. The topological polar surface area (TPSA) is 84.2 Å². The van der Waals surface area contributed by atoms with Gasteiger partial charge in [-0.15, -0.1) is 11.3 Å². The number of hydrogen-bond donors (Lipinski definition) is 3. The van der Waals surface area contributed by atoms with Gasteiger partial charge in [-0.2, -0.15) is 0 Å². The molecule has 0 aliphatic heterocycles. The van der Waals surface area contributed by atoms with E-state index in [1.54, 1.807) is 23.5 Å². The molecule has 21 heavy (non-hydrogen) atoms. The van der Waals surface area contributed by atoms with Gasteiger partial charge < -0.3 is 11.1 Å². The van der Waals surface area contributed by atoms with Crippen LogP contribution in [-0.4, -0.2) is 15.5 Å². The zero-order chi connectivity index (χ0) is 15.5. The van der Waals surface area contributed by atoms with E-state index in [9.17, 15) is 8.42 Å². The third-order valence-corrected chi connectivity index (χ3v) is 5.64. The highest BCUT2D eigenvalue weighted by Gasteiger charge is 2.13. The van der Waals surface area contributed by atoms with Gasteiger partial charge in [0.1, 0.15) is 0 Å². The summed E-state index contributed by atoms with van der Waals surface area (Å²) in [7, 11) is -2.09. The second-order valence-corrected chi connectivity index (χ2v) is 7.42. The molecule has 0 bridgehead atoms. The second kappa shape index (κ2) is 6.46. The molecule has 0 atom stereocenters. The largest absolute Gasteiger partial charge is 0.397 e. The summed E-state index contributed by atoms with van der Waals surface area (Å²) >= 11 is 1.70. The van der Waals surface area contributed by atoms with Gasteiger partial charge >= 0.3 is 0 Å². The molecule has 0 aliphatic carbocycles. The Morgan fingerprint density at radius 1 is 1.29 bits per heavy atom. The van der Waals surface area contributed by atoms with Crippen molar-refractivity contribution >= 4 is 32.7 Å². The van der Waals surface area contributed by atoms with Gasteiger partial charge in [-0.1, -0.05) is 6.92 Å². The maximum Gasteiger partial charge on any atom is 0.240 e. The first kappa shape index (κ1) is 15.8. The first-order valence-electron chi connectivity index (χ1n) is 6.60. The third kappa shape index (κ3) is 3.55. The predicted molar refractivity (Wildman–Crippen MR) is 88.1 cm³/mol. The molecule has 0 fully saturated rings. The van der Waals surface area contributed by atoms with Crippen LogP contribution in [0.4, 0.5) is 11.4 Å². The van der Waals surface area contributed by atoms with E-state index in [0.29, 0.717) is 12.2 Å². The Morgan fingerprint density at radius 2 is 2.05 bits per heavy atom. The average molecular weight is 325 g/mol. The van der Waals surface area contributed by atoms with Gasteiger partial charge in [0.05, 0.1) is 16.3 Å². The lowest BCUT2D eigenvalue weighted by Crippen LogP contribution is -2.18. The molecule has 0 spiro atoms. The van der Waals surface area contributed by atoms with E-state index in [0.717, 1.165) is 12.1 Å². The molecule has 1 aromatic heterocycles. The molecular formula is C14H19N3O2S2. The molecule has 0 radical (unpaired) electrons. The number of rotatable bonds is 6. The summed E-state index contributed by atoms with van der Waals surface area (Å²) in [5.41, 5.74) is 8.41. The van der Waals surface area contributed by atoms with Gasteiger partial charge in [-0.3, -0.25) is 0 Å². The van der Waals surface area contributed by atoms with Crippen molar-refractivity contribution in [3.8, 4) is 0 Å². The summed E-state index contributed by atoms with van der Waals surface area (Å²) in [5, 5.41) is 5.33. The van der Waals surface area contributed by atoms with Crippen LogP contribution in [0.2, 0.25) is 0 Å². The van der Waals surface area contributed by atoms with Crippen LogP contribution in [0.15, 0.2) is 34.5 Å². The average Bonchev–Trinajstić information content (AvgIpc) is 2.93. The van der Waals surface area contributed by atoms with Gasteiger partial charge in [0.15, 0.2) is 0 Å². The van der Waals surface area contributed by atoms with Crippen molar-refractivity contribution in [1.29, 1.82) is 0 Å². The van der Waals surface area contributed by atoms with Gasteiger partial charge in [0.2, 0.25) is 10.0 Å². The summed E-state index contributed by atoms with van der Waals surface area (Å²) in [4.78, 5) is 1.43. The monoisotopic (exact) mass is 325 g/mol. The number of hydrogen-bond acceptors (Lipinski definition) is 5. The van der Waals surface area contributed by atoms with Crippen LogP contribution in [0.1, 0.15) is 17.4 Å². The number of nitrogen functional groups attached to an aromatic ring is 1. The second-order valence-electron chi connectivity index (χ2n) is 4.53. The number of nitrogens with two attached hydrogens (primary N) is 1. The van der Waals surface area contributed by atoms with Crippen LogP contribution in [-0.2, 0) is 23.0 Å². The smallest absolute Gasteiger partial charge is 0.240 e. The highest BCUT2D eigenvalue weighted by molar-refractivity contribution is 7.89. The number of nitrogens with one attached hydrogen (secondary N) is 2. The zero-order valence-corrected chi connectivity index (χ0v) is 13.6. The predicted octanol–water partition coefficient (Wildman–Crippen LogP) is 2.41. The van der Waals surface area contributed by atoms with E-state index < -0.39 is 10.0 Å². The Bertz CT molecular complexity index is 724. The van der Waals surface area contributed by atoms with Crippen LogP contribution in [0, 0.1) is 0 Å². The number of benzene rings is 1. The van der Waals surface area contributed by atoms with E-state index in [2.05, 4.69) is 28.4 Å². The minimum atomic E-state index is -3.46. The number of thiophene rings is 1. The van der Waals surface area contributed by atoms with Crippen LogP contribution in [0.5, 0.6) is 0 Å². The molecule has 0 unspecified atom stereocenters. The number of aryl methyl sites for hydroxylation is 1. The van der Waals surface area contributed by atoms with Crippen LogP contribution in [0.3, 0.4) is 0 Å². The molecule has 1 heterocycles.